The molecule has 0 spiro atoms. The number of nitrogens with one attached hydrogen (secondary N) is 2. The molecule has 0 aromatic carbocycles. The quantitative estimate of drug-likeness (QED) is 0.538. The van der Waals surface area contributed by atoms with E-state index in [1.807, 2.05) is 0 Å². The molecule has 1 aliphatic heterocycles. The highest BCUT2D eigenvalue weighted by molar-refractivity contribution is 7.87. The van der Waals surface area contributed by atoms with Crippen molar-refractivity contribution in [3.8, 4) is 0 Å². The van der Waals surface area contributed by atoms with Gasteiger partial charge in [0, 0.05) is 13.1 Å². The van der Waals surface area contributed by atoms with Crippen molar-refractivity contribution in [2.75, 3.05) is 19.7 Å². The summed E-state index contributed by atoms with van der Waals surface area (Å²) < 4.78 is 35.8. The lowest BCUT2D eigenvalue weighted by Gasteiger charge is -2.25. The summed E-state index contributed by atoms with van der Waals surface area (Å²) in [7, 11) is -4.35. The molecular weight excluding hydrogens is 236 g/mol. The molecule has 0 saturated carbocycles. The third-order valence-corrected chi connectivity index (χ3v) is 3.52. The number of carbonyl (C=O) groups excluding carboxylic acids is 1. The summed E-state index contributed by atoms with van der Waals surface area (Å²) in [5, 5.41) is 3.97. The number of ether oxygens (including phenoxy) is 1. The van der Waals surface area contributed by atoms with Crippen molar-refractivity contribution in [2.45, 2.75) is 24.8 Å². The fourth-order valence-corrected chi connectivity index (χ4v) is 2.20. The first-order chi connectivity index (χ1) is 7.45. The Balaban J connectivity index is 2.55. The minimum atomic E-state index is -4.35. The van der Waals surface area contributed by atoms with Gasteiger partial charge < -0.3 is 15.4 Å². The second-order valence-corrected chi connectivity index (χ2v) is 5.08. The molecule has 1 rings (SSSR count). The van der Waals surface area contributed by atoms with E-state index in [9.17, 15) is 13.2 Å². The van der Waals surface area contributed by atoms with Gasteiger partial charge in [0.25, 0.3) is 10.1 Å². The van der Waals surface area contributed by atoms with E-state index in [0.717, 1.165) is 0 Å². The van der Waals surface area contributed by atoms with E-state index in [1.54, 1.807) is 0 Å². The Bertz CT molecular complexity index is 336. The van der Waals surface area contributed by atoms with Crippen molar-refractivity contribution in [2.24, 2.45) is 0 Å². The van der Waals surface area contributed by atoms with E-state index in [-0.39, 0.29) is 6.42 Å². The van der Waals surface area contributed by atoms with Crippen LogP contribution in [0.15, 0.2) is 0 Å². The zero-order valence-corrected chi connectivity index (χ0v) is 9.79. The molecule has 0 radical (unpaired) electrons. The second-order valence-electron chi connectivity index (χ2n) is 3.48. The first kappa shape index (κ1) is 13.4. The number of rotatable bonds is 4. The average Bonchev–Trinajstić information content (AvgIpc) is 2.17. The maximum absolute atomic E-state index is 11.5. The lowest BCUT2D eigenvalue weighted by molar-refractivity contribution is -0.125. The smallest absolute Gasteiger partial charge is 0.276 e. The minimum absolute atomic E-state index is 0.0187. The highest BCUT2D eigenvalue weighted by Crippen LogP contribution is 2.05. The van der Waals surface area contributed by atoms with Gasteiger partial charge in [-0.15, -0.1) is 0 Å². The summed E-state index contributed by atoms with van der Waals surface area (Å²) in [6.45, 7) is 3.08. The third-order valence-electron chi connectivity index (χ3n) is 2.25. The summed E-state index contributed by atoms with van der Waals surface area (Å²) in [6.07, 6.45) is -0.526. The van der Waals surface area contributed by atoms with E-state index in [1.165, 1.54) is 6.92 Å². The maximum Gasteiger partial charge on any atom is 0.276 e. The predicted octanol–water partition coefficient (Wildman–Crippen LogP) is -1.29. The van der Waals surface area contributed by atoms with Crippen molar-refractivity contribution in [3.05, 3.63) is 0 Å². The van der Waals surface area contributed by atoms with Gasteiger partial charge in [-0.1, -0.05) is 6.92 Å². The van der Waals surface area contributed by atoms with Gasteiger partial charge in [-0.05, 0) is 6.42 Å². The Kier molecular flexibility index (Phi) is 4.66. The number of carbonyl (C=O) groups is 1. The molecule has 1 heterocycles. The molecule has 8 heteroatoms. The topological polar surface area (TPSA) is 105 Å². The van der Waals surface area contributed by atoms with Gasteiger partial charge in [-0.2, -0.15) is 8.42 Å². The summed E-state index contributed by atoms with van der Waals surface area (Å²) in [5.74, 6) is -0.737. The van der Waals surface area contributed by atoms with Crippen LogP contribution in [-0.2, 0) is 19.6 Å². The van der Waals surface area contributed by atoms with E-state index in [2.05, 4.69) is 10.6 Å². The van der Waals surface area contributed by atoms with Gasteiger partial charge in [-0.25, -0.2) is 0 Å². The van der Waals surface area contributed by atoms with Crippen LogP contribution < -0.4 is 10.6 Å². The van der Waals surface area contributed by atoms with Crippen LogP contribution in [0.3, 0.4) is 0 Å². The number of hydrogen-bond acceptors (Lipinski definition) is 5. The third kappa shape index (κ3) is 3.71. The van der Waals surface area contributed by atoms with E-state index < -0.39 is 27.5 Å². The lowest BCUT2D eigenvalue weighted by atomic mass is 10.3. The Labute approximate surface area is 94.3 Å². The van der Waals surface area contributed by atoms with Gasteiger partial charge in [0.05, 0.1) is 6.61 Å². The fraction of sp³-hybridized carbons (Fsp3) is 0.875. The van der Waals surface area contributed by atoms with Gasteiger partial charge in [-0.3, -0.25) is 9.35 Å². The summed E-state index contributed by atoms with van der Waals surface area (Å²) in [4.78, 5) is 11.5. The molecule has 0 aliphatic carbocycles. The SMILES string of the molecule is CCC(C(=O)NC1CNCCO1)S(=O)(=O)O. The molecule has 0 aromatic rings. The van der Waals surface area contributed by atoms with Crippen molar-refractivity contribution >= 4 is 16.0 Å². The van der Waals surface area contributed by atoms with E-state index in [4.69, 9.17) is 9.29 Å². The predicted molar refractivity (Wildman–Crippen MR) is 56.4 cm³/mol. The van der Waals surface area contributed by atoms with Crippen LogP contribution in [0.25, 0.3) is 0 Å². The Morgan fingerprint density at radius 2 is 2.38 bits per heavy atom. The van der Waals surface area contributed by atoms with Gasteiger partial charge in [0.1, 0.15) is 6.23 Å². The van der Waals surface area contributed by atoms with Crippen LogP contribution in [0, 0.1) is 0 Å². The number of hydrogen-bond donors (Lipinski definition) is 3. The molecule has 3 N–H and O–H groups in total. The van der Waals surface area contributed by atoms with Gasteiger partial charge in [0.15, 0.2) is 5.25 Å². The first-order valence-corrected chi connectivity index (χ1v) is 6.54. The Morgan fingerprint density at radius 3 is 2.81 bits per heavy atom. The average molecular weight is 252 g/mol. The molecule has 0 aromatic heterocycles. The zero-order valence-electron chi connectivity index (χ0n) is 8.97. The van der Waals surface area contributed by atoms with Crippen LogP contribution in [-0.4, -0.2) is 50.1 Å². The Morgan fingerprint density at radius 1 is 1.69 bits per heavy atom. The summed E-state index contributed by atoms with van der Waals surface area (Å²) in [5.41, 5.74) is 0. The van der Waals surface area contributed by atoms with E-state index >= 15 is 0 Å². The number of amides is 1. The minimum Gasteiger partial charge on any atom is -0.356 e. The van der Waals surface area contributed by atoms with Crippen LogP contribution in [0.4, 0.5) is 0 Å². The van der Waals surface area contributed by atoms with Crippen molar-refractivity contribution in [3.63, 3.8) is 0 Å². The fourth-order valence-electron chi connectivity index (χ4n) is 1.44. The molecule has 16 heavy (non-hydrogen) atoms. The highest BCUT2D eigenvalue weighted by atomic mass is 32.2. The molecule has 1 saturated heterocycles. The van der Waals surface area contributed by atoms with Crippen LogP contribution >= 0.6 is 0 Å². The zero-order chi connectivity index (χ0) is 12.2. The van der Waals surface area contributed by atoms with Crippen LogP contribution in [0.1, 0.15) is 13.3 Å². The van der Waals surface area contributed by atoms with Crippen molar-refractivity contribution in [1.82, 2.24) is 10.6 Å². The molecule has 1 amide bonds. The first-order valence-electron chi connectivity index (χ1n) is 5.04. The van der Waals surface area contributed by atoms with Gasteiger partial charge >= 0.3 is 0 Å². The normalized spacial score (nSPS) is 23.8. The Hall–Kier alpha value is -0.700. The molecule has 1 aliphatic rings. The van der Waals surface area contributed by atoms with E-state index in [0.29, 0.717) is 19.7 Å². The monoisotopic (exact) mass is 252 g/mol. The van der Waals surface area contributed by atoms with Crippen LogP contribution in [0.2, 0.25) is 0 Å². The van der Waals surface area contributed by atoms with Gasteiger partial charge in [0.2, 0.25) is 5.91 Å². The van der Waals surface area contributed by atoms with Crippen molar-refractivity contribution in [1.29, 1.82) is 0 Å². The summed E-state index contributed by atoms with van der Waals surface area (Å²) in [6, 6.07) is 0. The standard InChI is InChI=1S/C8H16N2O5S/c1-2-6(16(12,13)14)8(11)10-7-5-9-3-4-15-7/h6-7,9H,2-5H2,1H3,(H,10,11)(H,12,13,14). The largest absolute Gasteiger partial charge is 0.356 e. The lowest BCUT2D eigenvalue weighted by Crippen LogP contribution is -2.52. The molecule has 94 valence electrons. The molecular formula is C8H16N2O5S. The number of morpholine rings is 1. The molecule has 7 nitrogen and oxygen atoms in total. The van der Waals surface area contributed by atoms with Crippen molar-refractivity contribution < 1.29 is 22.5 Å². The molecule has 2 atom stereocenters. The highest BCUT2D eigenvalue weighted by Gasteiger charge is 2.30. The molecule has 2 unspecified atom stereocenters. The maximum atomic E-state index is 11.5. The van der Waals surface area contributed by atoms with Crippen LogP contribution in [0.5, 0.6) is 0 Å². The molecule has 0 bridgehead atoms. The summed E-state index contributed by atoms with van der Waals surface area (Å²) >= 11 is 0. The molecule has 1 fully saturated rings. The second kappa shape index (κ2) is 5.58.